The van der Waals surface area contributed by atoms with Crippen molar-refractivity contribution in [2.75, 3.05) is 14.2 Å². The predicted molar refractivity (Wildman–Crippen MR) is 43.3 cm³/mol. The maximum atomic E-state index is 10.7. The molecule has 0 aromatic carbocycles. The quantitative estimate of drug-likeness (QED) is 0.344. The van der Waals surface area contributed by atoms with E-state index in [0.29, 0.717) is 0 Å². The van der Waals surface area contributed by atoms with E-state index in [1.54, 1.807) is 6.07 Å². The van der Waals surface area contributed by atoms with Gasteiger partial charge in [-0.2, -0.15) is 5.26 Å². The summed E-state index contributed by atoms with van der Waals surface area (Å²) < 4.78 is 4.31. The standard InChI is InChI=1S/C7H9N3O2/c1-10-5(4-8)3-6(9)7(11)12-2/h3H,9H2,1-2H3/b6-3-,10-5?. The number of nitrogens with zero attached hydrogens (tertiary/aromatic N) is 2. The Hall–Kier alpha value is -1.83. The zero-order valence-corrected chi connectivity index (χ0v) is 6.87. The fourth-order valence-electron chi connectivity index (χ4n) is 0.471. The molecule has 0 fully saturated rings. The molecule has 5 heteroatoms. The molecule has 0 amide bonds. The number of aliphatic imine (C=N–C) groups is 1. The van der Waals surface area contributed by atoms with Crippen LogP contribution in [0.5, 0.6) is 0 Å². The summed E-state index contributed by atoms with van der Waals surface area (Å²) in [4.78, 5) is 14.3. The summed E-state index contributed by atoms with van der Waals surface area (Å²) in [5.41, 5.74) is 5.18. The van der Waals surface area contributed by atoms with Crippen molar-refractivity contribution >= 4 is 11.7 Å². The highest BCUT2D eigenvalue weighted by Crippen LogP contribution is 1.89. The maximum absolute atomic E-state index is 10.7. The van der Waals surface area contributed by atoms with Gasteiger partial charge < -0.3 is 10.5 Å². The number of nitrogens with two attached hydrogens (primary N) is 1. The summed E-state index contributed by atoms with van der Waals surface area (Å²) in [6, 6.07) is 1.75. The summed E-state index contributed by atoms with van der Waals surface area (Å²) in [5, 5.41) is 8.40. The first kappa shape index (κ1) is 10.2. The Bertz CT molecular complexity index is 273. The van der Waals surface area contributed by atoms with Crippen LogP contribution in [0.2, 0.25) is 0 Å². The molecule has 2 N–H and O–H groups in total. The molecule has 0 aliphatic heterocycles. The number of nitriles is 1. The van der Waals surface area contributed by atoms with Crippen LogP contribution in [-0.4, -0.2) is 25.8 Å². The molecule has 12 heavy (non-hydrogen) atoms. The molecular formula is C7H9N3O2. The van der Waals surface area contributed by atoms with E-state index >= 15 is 0 Å². The summed E-state index contributed by atoms with van der Waals surface area (Å²) in [5.74, 6) is -0.675. The topological polar surface area (TPSA) is 88.5 Å². The van der Waals surface area contributed by atoms with Crippen LogP contribution in [0.4, 0.5) is 0 Å². The number of esters is 1. The van der Waals surface area contributed by atoms with Crippen molar-refractivity contribution in [3.63, 3.8) is 0 Å². The van der Waals surface area contributed by atoms with Gasteiger partial charge in [0.15, 0.2) is 0 Å². The van der Waals surface area contributed by atoms with Crippen molar-refractivity contribution in [1.29, 1.82) is 5.26 Å². The van der Waals surface area contributed by atoms with Gasteiger partial charge >= 0.3 is 5.97 Å². The van der Waals surface area contributed by atoms with Gasteiger partial charge in [0.05, 0.1) is 7.11 Å². The lowest BCUT2D eigenvalue weighted by Crippen LogP contribution is -2.14. The lowest BCUT2D eigenvalue weighted by Gasteiger charge is -1.96. The molecule has 5 nitrogen and oxygen atoms in total. The van der Waals surface area contributed by atoms with E-state index in [1.807, 2.05) is 0 Å². The molecule has 0 aliphatic carbocycles. The van der Waals surface area contributed by atoms with Crippen molar-refractivity contribution in [3.05, 3.63) is 11.8 Å². The molecule has 0 spiro atoms. The van der Waals surface area contributed by atoms with E-state index in [4.69, 9.17) is 11.0 Å². The third kappa shape index (κ3) is 2.84. The van der Waals surface area contributed by atoms with Gasteiger partial charge in [0.2, 0.25) is 0 Å². The van der Waals surface area contributed by atoms with Gasteiger partial charge in [-0.25, -0.2) is 4.79 Å². The number of rotatable bonds is 2. The first-order valence-corrected chi connectivity index (χ1v) is 3.08. The highest BCUT2D eigenvalue weighted by Gasteiger charge is 2.04. The molecule has 0 radical (unpaired) electrons. The molecule has 0 saturated carbocycles. The Balaban J connectivity index is 4.58. The van der Waals surface area contributed by atoms with Crippen LogP contribution in [0.25, 0.3) is 0 Å². The number of carbonyl (C=O) groups is 1. The average Bonchev–Trinajstić information content (AvgIpc) is 2.12. The largest absolute Gasteiger partial charge is 0.464 e. The van der Waals surface area contributed by atoms with E-state index in [-0.39, 0.29) is 11.4 Å². The Morgan fingerprint density at radius 3 is 2.67 bits per heavy atom. The van der Waals surface area contributed by atoms with Gasteiger partial charge in [-0.05, 0) is 0 Å². The molecule has 0 aromatic heterocycles. The highest BCUT2D eigenvalue weighted by atomic mass is 16.5. The second-order valence-corrected chi connectivity index (χ2v) is 1.81. The highest BCUT2D eigenvalue weighted by molar-refractivity contribution is 6.10. The monoisotopic (exact) mass is 167 g/mol. The van der Waals surface area contributed by atoms with Crippen LogP contribution in [0.1, 0.15) is 0 Å². The van der Waals surface area contributed by atoms with Crippen LogP contribution in [0.3, 0.4) is 0 Å². The molecule has 0 saturated heterocycles. The zero-order valence-electron chi connectivity index (χ0n) is 6.87. The molecule has 0 aliphatic rings. The van der Waals surface area contributed by atoms with Gasteiger partial charge in [0.1, 0.15) is 17.5 Å². The van der Waals surface area contributed by atoms with Crippen LogP contribution >= 0.6 is 0 Å². The SMILES string of the molecule is CN=C(C#N)/C=C(\N)C(=O)OC. The van der Waals surface area contributed by atoms with Crippen molar-refractivity contribution in [2.45, 2.75) is 0 Å². The van der Waals surface area contributed by atoms with Gasteiger partial charge in [-0.1, -0.05) is 0 Å². The zero-order chi connectivity index (χ0) is 9.56. The molecule has 0 heterocycles. The first-order chi connectivity index (χ1) is 5.65. The van der Waals surface area contributed by atoms with Crippen molar-refractivity contribution < 1.29 is 9.53 Å². The fraction of sp³-hybridized carbons (Fsp3) is 0.286. The van der Waals surface area contributed by atoms with Crippen molar-refractivity contribution in [3.8, 4) is 6.07 Å². The summed E-state index contributed by atoms with van der Waals surface area (Å²) >= 11 is 0. The van der Waals surface area contributed by atoms with E-state index < -0.39 is 5.97 Å². The fourth-order valence-corrected chi connectivity index (χ4v) is 0.471. The average molecular weight is 167 g/mol. The van der Waals surface area contributed by atoms with E-state index in [1.165, 1.54) is 14.2 Å². The smallest absolute Gasteiger partial charge is 0.354 e. The first-order valence-electron chi connectivity index (χ1n) is 3.08. The van der Waals surface area contributed by atoms with Gasteiger partial charge in [-0.15, -0.1) is 0 Å². The number of allylic oxidation sites excluding steroid dienone is 1. The lowest BCUT2D eigenvalue weighted by atomic mass is 10.3. The Labute approximate surface area is 70.1 Å². The molecule has 0 rings (SSSR count). The number of carbonyl (C=O) groups excluding carboxylic acids is 1. The minimum absolute atomic E-state index is 0.0814. The van der Waals surface area contributed by atoms with Crippen molar-refractivity contribution in [2.24, 2.45) is 10.7 Å². The minimum atomic E-state index is -0.675. The predicted octanol–water partition coefficient (Wildman–Crippen LogP) is -0.404. The normalized spacial score (nSPS) is 12.1. The molecule has 0 unspecified atom stereocenters. The lowest BCUT2D eigenvalue weighted by molar-refractivity contribution is -0.136. The molecule has 0 atom stereocenters. The number of hydrogen-bond donors (Lipinski definition) is 1. The van der Waals surface area contributed by atoms with Crippen molar-refractivity contribution in [1.82, 2.24) is 0 Å². The molecule has 0 bridgehead atoms. The Kier molecular flexibility index (Phi) is 4.16. The summed E-state index contributed by atoms with van der Waals surface area (Å²) in [6.07, 6.45) is 1.16. The second kappa shape index (κ2) is 4.91. The Morgan fingerprint density at radius 2 is 2.33 bits per heavy atom. The van der Waals surface area contributed by atoms with Gasteiger partial charge in [0, 0.05) is 13.1 Å². The van der Waals surface area contributed by atoms with E-state index in [0.717, 1.165) is 6.08 Å². The van der Waals surface area contributed by atoms with Crippen LogP contribution in [0.15, 0.2) is 16.8 Å². The van der Waals surface area contributed by atoms with E-state index in [2.05, 4.69) is 9.73 Å². The molecule has 64 valence electrons. The molecule has 0 aromatic rings. The van der Waals surface area contributed by atoms with Gasteiger partial charge in [0.25, 0.3) is 0 Å². The minimum Gasteiger partial charge on any atom is -0.464 e. The second-order valence-electron chi connectivity index (χ2n) is 1.81. The van der Waals surface area contributed by atoms with Crippen LogP contribution in [-0.2, 0) is 9.53 Å². The van der Waals surface area contributed by atoms with Crippen LogP contribution in [0, 0.1) is 11.3 Å². The Morgan fingerprint density at radius 1 is 1.75 bits per heavy atom. The third-order valence-corrected chi connectivity index (χ3v) is 1.07. The summed E-state index contributed by atoms with van der Waals surface area (Å²) in [6.45, 7) is 0. The maximum Gasteiger partial charge on any atom is 0.354 e. The number of ether oxygens (including phenoxy) is 1. The summed E-state index contributed by atoms with van der Waals surface area (Å²) in [7, 11) is 2.64. The number of methoxy groups -OCH3 is 1. The molecular weight excluding hydrogens is 158 g/mol. The third-order valence-electron chi connectivity index (χ3n) is 1.07. The van der Waals surface area contributed by atoms with Crippen LogP contribution < -0.4 is 5.73 Å². The number of hydrogen-bond acceptors (Lipinski definition) is 5. The van der Waals surface area contributed by atoms with E-state index in [9.17, 15) is 4.79 Å². The van der Waals surface area contributed by atoms with Gasteiger partial charge in [-0.3, -0.25) is 4.99 Å².